The molecule has 0 atom stereocenters. The van der Waals surface area contributed by atoms with Gasteiger partial charge in [-0.05, 0) is 43.5 Å². The van der Waals surface area contributed by atoms with Crippen LogP contribution in [0, 0.1) is 0 Å². The van der Waals surface area contributed by atoms with Crippen LogP contribution in [-0.4, -0.2) is 15.8 Å². The van der Waals surface area contributed by atoms with Gasteiger partial charge in [-0.1, -0.05) is 6.07 Å². The Morgan fingerprint density at radius 3 is 2.88 bits per heavy atom. The SMILES string of the molecule is c1cc(NC2CCC2)cc(-n2cccn2)c1. The molecule has 1 saturated carbocycles. The molecule has 16 heavy (non-hydrogen) atoms. The number of hydrogen-bond acceptors (Lipinski definition) is 2. The van der Waals surface area contributed by atoms with Gasteiger partial charge in [0.1, 0.15) is 0 Å². The lowest BCUT2D eigenvalue weighted by Gasteiger charge is -2.27. The van der Waals surface area contributed by atoms with Crippen molar-refractivity contribution in [2.75, 3.05) is 5.32 Å². The lowest BCUT2D eigenvalue weighted by Crippen LogP contribution is -2.26. The molecule has 1 aliphatic rings. The summed E-state index contributed by atoms with van der Waals surface area (Å²) in [7, 11) is 0. The summed E-state index contributed by atoms with van der Waals surface area (Å²) >= 11 is 0. The summed E-state index contributed by atoms with van der Waals surface area (Å²) in [5.74, 6) is 0. The van der Waals surface area contributed by atoms with E-state index < -0.39 is 0 Å². The van der Waals surface area contributed by atoms with Crippen LogP contribution >= 0.6 is 0 Å². The number of nitrogens with zero attached hydrogens (tertiary/aromatic N) is 2. The highest BCUT2D eigenvalue weighted by atomic mass is 15.3. The first kappa shape index (κ1) is 9.46. The average Bonchev–Trinajstić information content (AvgIpc) is 2.77. The summed E-state index contributed by atoms with van der Waals surface area (Å²) in [6.07, 6.45) is 7.71. The van der Waals surface area contributed by atoms with E-state index in [4.69, 9.17) is 0 Å². The third-order valence-electron chi connectivity index (χ3n) is 3.09. The van der Waals surface area contributed by atoms with Crippen LogP contribution in [-0.2, 0) is 0 Å². The van der Waals surface area contributed by atoms with Gasteiger partial charge in [0.2, 0.25) is 0 Å². The maximum Gasteiger partial charge on any atom is 0.0666 e. The minimum Gasteiger partial charge on any atom is -0.382 e. The second-order valence-corrected chi connectivity index (χ2v) is 4.27. The van der Waals surface area contributed by atoms with Gasteiger partial charge < -0.3 is 5.32 Å². The van der Waals surface area contributed by atoms with E-state index in [0.717, 1.165) is 5.69 Å². The molecular formula is C13H15N3. The van der Waals surface area contributed by atoms with Crippen LogP contribution in [0.15, 0.2) is 42.7 Å². The standard InChI is InChI=1S/C13H15N3/c1-4-11(5-1)15-12-6-2-7-13(10-12)16-9-3-8-14-16/h2-3,6-11,15H,1,4-5H2. The van der Waals surface area contributed by atoms with Crippen LogP contribution in [0.1, 0.15) is 19.3 Å². The summed E-state index contributed by atoms with van der Waals surface area (Å²) in [5, 5.41) is 7.77. The molecule has 1 aromatic carbocycles. The Balaban J connectivity index is 1.82. The fourth-order valence-electron chi connectivity index (χ4n) is 1.95. The van der Waals surface area contributed by atoms with Crippen LogP contribution < -0.4 is 5.32 Å². The maximum absolute atomic E-state index is 4.23. The second-order valence-electron chi connectivity index (χ2n) is 4.27. The Bertz CT molecular complexity index is 458. The summed E-state index contributed by atoms with van der Waals surface area (Å²) in [4.78, 5) is 0. The first-order chi connectivity index (χ1) is 7.92. The first-order valence-corrected chi connectivity index (χ1v) is 5.78. The van der Waals surface area contributed by atoms with Crippen LogP contribution in [0.3, 0.4) is 0 Å². The van der Waals surface area contributed by atoms with E-state index in [9.17, 15) is 0 Å². The van der Waals surface area contributed by atoms with Crippen LogP contribution in [0.5, 0.6) is 0 Å². The van der Waals surface area contributed by atoms with Gasteiger partial charge in [-0.2, -0.15) is 5.10 Å². The van der Waals surface area contributed by atoms with E-state index in [1.807, 2.05) is 16.9 Å². The Morgan fingerprint density at radius 1 is 1.25 bits per heavy atom. The molecule has 3 heteroatoms. The number of anilines is 1. The van der Waals surface area contributed by atoms with Gasteiger partial charge in [0, 0.05) is 24.1 Å². The molecule has 3 nitrogen and oxygen atoms in total. The molecular weight excluding hydrogens is 198 g/mol. The topological polar surface area (TPSA) is 29.9 Å². The Labute approximate surface area is 95.1 Å². The third kappa shape index (κ3) is 1.81. The molecule has 1 aromatic heterocycles. The predicted molar refractivity (Wildman–Crippen MR) is 64.8 cm³/mol. The van der Waals surface area contributed by atoms with Crippen molar-refractivity contribution >= 4 is 5.69 Å². The van der Waals surface area contributed by atoms with E-state index in [1.165, 1.54) is 24.9 Å². The van der Waals surface area contributed by atoms with Crippen molar-refractivity contribution in [3.8, 4) is 5.69 Å². The summed E-state index contributed by atoms with van der Waals surface area (Å²) in [6.45, 7) is 0. The van der Waals surface area contributed by atoms with Gasteiger partial charge in [-0.25, -0.2) is 4.68 Å². The zero-order chi connectivity index (χ0) is 10.8. The number of benzene rings is 1. The molecule has 0 unspecified atom stereocenters. The highest BCUT2D eigenvalue weighted by Crippen LogP contribution is 2.24. The van der Waals surface area contributed by atoms with Gasteiger partial charge in [0.25, 0.3) is 0 Å². The molecule has 1 heterocycles. The lowest BCUT2D eigenvalue weighted by atomic mass is 9.93. The minimum atomic E-state index is 0.674. The van der Waals surface area contributed by atoms with E-state index in [2.05, 4.69) is 34.7 Å². The number of hydrogen-bond donors (Lipinski definition) is 1. The van der Waals surface area contributed by atoms with Crippen molar-refractivity contribution in [3.05, 3.63) is 42.7 Å². The molecule has 0 radical (unpaired) electrons. The molecule has 0 saturated heterocycles. The van der Waals surface area contributed by atoms with E-state index in [1.54, 1.807) is 6.20 Å². The van der Waals surface area contributed by atoms with Gasteiger partial charge in [0.05, 0.1) is 5.69 Å². The van der Waals surface area contributed by atoms with E-state index >= 15 is 0 Å². The predicted octanol–water partition coefficient (Wildman–Crippen LogP) is 2.84. The number of nitrogens with one attached hydrogen (secondary N) is 1. The lowest BCUT2D eigenvalue weighted by molar-refractivity contribution is 0.445. The van der Waals surface area contributed by atoms with Gasteiger partial charge in [-0.3, -0.25) is 0 Å². The van der Waals surface area contributed by atoms with Crippen molar-refractivity contribution in [1.29, 1.82) is 0 Å². The highest BCUT2D eigenvalue weighted by Gasteiger charge is 2.16. The quantitative estimate of drug-likeness (QED) is 0.849. The van der Waals surface area contributed by atoms with Crippen molar-refractivity contribution < 1.29 is 0 Å². The van der Waals surface area contributed by atoms with Crippen molar-refractivity contribution in [3.63, 3.8) is 0 Å². The minimum absolute atomic E-state index is 0.674. The zero-order valence-electron chi connectivity index (χ0n) is 9.13. The van der Waals surface area contributed by atoms with Crippen molar-refractivity contribution in [2.24, 2.45) is 0 Å². The molecule has 0 spiro atoms. The summed E-state index contributed by atoms with van der Waals surface area (Å²) in [5.41, 5.74) is 2.30. The molecule has 2 aromatic rings. The Kier molecular flexibility index (Phi) is 2.37. The molecule has 82 valence electrons. The monoisotopic (exact) mass is 213 g/mol. The molecule has 0 bridgehead atoms. The van der Waals surface area contributed by atoms with E-state index in [-0.39, 0.29) is 0 Å². The molecule has 0 aliphatic heterocycles. The number of aromatic nitrogens is 2. The largest absolute Gasteiger partial charge is 0.382 e. The summed E-state index contributed by atoms with van der Waals surface area (Å²) in [6, 6.07) is 11.0. The number of rotatable bonds is 3. The Hall–Kier alpha value is -1.77. The normalized spacial score (nSPS) is 15.8. The highest BCUT2D eigenvalue weighted by molar-refractivity contribution is 5.51. The van der Waals surface area contributed by atoms with Gasteiger partial charge >= 0.3 is 0 Å². The zero-order valence-corrected chi connectivity index (χ0v) is 9.13. The van der Waals surface area contributed by atoms with Crippen LogP contribution in [0.25, 0.3) is 5.69 Å². The first-order valence-electron chi connectivity index (χ1n) is 5.78. The fraction of sp³-hybridized carbons (Fsp3) is 0.308. The van der Waals surface area contributed by atoms with Gasteiger partial charge in [-0.15, -0.1) is 0 Å². The van der Waals surface area contributed by atoms with Gasteiger partial charge in [0.15, 0.2) is 0 Å². The molecule has 1 N–H and O–H groups in total. The summed E-state index contributed by atoms with van der Waals surface area (Å²) < 4.78 is 1.88. The van der Waals surface area contributed by atoms with E-state index in [0.29, 0.717) is 6.04 Å². The van der Waals surface area contributed by atoms with Crippen LogP contribution in [0.4, 0.5) is 5.69 Å². The van der Waals surface area contributed by atoms with Crippen molar-refractivity contribution in [2.45, 2.75) is 25.3 Å². The van der Waals surface area contributed by atoms with Crippen molar-refractivity contribution in [1.82, 2.24) is 9.78 Å². The molecule has 3 rings (SSSR count). The molecule has 1 aliphatic carbocycles. The fourth-order valence-corrected chi connectivity index (χ4v) is 1.95. The molecule has 1 fully saturated rings. The third-order valence-corrected chi connectivity index (χ3v) is 3.09. The maximum atomic E-state index is 4.23. The molecule has 0 amide bonds. The average molecular weight is 213 g/mol. The smallest absolute Gasteiger partial charge is 0.0666 e. The Morgan fingerprint density at radius 2 is 2.19 bits per heavy atom. The van der Waals surface area contributed by atoms with Crippen LogP contribution in [0.2, 0.25) is 0 Å². The second kappa shape index (κ2) is 4.00.